The van der Waals surface area contributed by atoms with Gasteiger partial charge in [0.2, 0.25) is 0 Å². The highest BCUT2D eigenvalue weighted by molar-refractivity contribution is 7.99. The molecular weight excluding hydrogens is 310 g/mol. The van der Waals surface area contributed by atoms with Crippen LogP contribution in [0.5, 0.6) is 0 Å². The Balaban J connectivity index is 3.06. The number of hydrogen-bond acceptors (Lipinski definition) is 7. The van der Waals surface area contributed by atoms with Gasteiger partial charge >= 0.3 is 11.9 Å². The van der Waals surface area contributed by atoms with E-state index in [-0.39, 0.29) is 17.9 Å². The molecule has 0 N–H and O–H groups in total. The second-order valence-electron chi connectivity index (χ2n) is 4.92. The third-order valence-electron chi connectivity index (χ3n) is 3.21. The summed E-state index contributed by atoms with van der Waals surface area (Å²) in [6, 6.07) is 0. The van der Waals surface area contributed by atoms with Crippen molar-refractivity contribution in [1.82, 2.24) is 0 Å². The zero-order chi connectivity index (χ0) is 16.7. The van der Waals surface area contributed by atoms with Gasteiger partial charge in [0.05, 0.1) is 6.54 Å². The highest BCUT2D eigenvalue weighted by atomic mass is 32.2. The number of carbonyl (C=O) groups excluding carboxylic acids is 2. The van der Waals surface area contributed by atoms with Gasteiger partial charge in [-0.15, -0.1) is 11.8 Å². The molecule has 0 aromatic carbocycles. The van der Waals surface area contributed by atoms with Crippen LogP contribution >= 0.6 is 11.8 Å². The molecule has 1 fully saturated rings. The lowest BCUT2D eigenvalue weighted by molar-refractivity contribution is -0.208. The normalized spacial score (nSPS) is 31.0. The van der Waals surface area contributed by atoms with Gasteiger partial charge in [0, 0.05) is 24.7 Å². The average Bonchev–Trinajstić information content (AvgIpc) is 2.43. The monoisotopic (exact) mass is 331 g/mol. The topological polar surface area (TPSA) is 111 Å². The molecule has 0 spiro atoms. The van der Waals surface area contributed by atoms with Gasteiger partial charge in [-0.25, -0.2) is 0 Å². The molecule has 0 aromatic heterocycles. The number of thioether (sulfide) groups is 1. The van der Waals surface area contributed by atoms with Gasteiger partial charge in [-0.1, -0.05) is 19.0 Å². The maximum atomic E-state index is 11.4. The van der Waals surface area contributed by atoms with Crippen molar-refractivity contribution < 1.29 is 23.8 Å². The Morgan fingerprint density at radius 2 is 1.86 bits per heavy atom. The maximum Gasteiger partial charge on any atom is 0.303 e. The van der Waals surface area contributed by atoms with Crippen LogP contribution in [0.1, 0.15) is 27.7 Å². The Kier molecular flexibility index (Phi) is 7.50. The molecule has 1 saturated heterocycles. The van der Waals surface area contributed by atoms with E-state index in [1.807, 2.05) is 13.8 Å². The van der Waals surface area contributed by atoms with Crippen molar-refractivity contribution >= 4 is 23.7 Å². The molecule has 0 saturated carbocycles. The van der Waals surface area contributed by atoms with Crippen molar-refractivity contribution in [3.8, 4) is 0 Å². The Labute approximate surface area is 133 Å². The zero-order valence-corrected chi connectivity index (χ0v) is 13.9. The van der Waals surface area contributed by atoms with Crippen LogP contribution < -0.4 is 0 Å². The zero-order valence-electron chi connectivity index (χ0n) is 13.1. The summed E-state index contributed by atoms with van der Waals surface area (Å²) >= 11 is 1.56. The van der Waals surface area contributed by atoms with Crippen molar-refractivity contribution in [2.75, 3.05) is 12.3 Å². The first-order valence-corrected chi connectivity index (χ1v) is 8.07. The van der Waals surface area contributed by atoms with Crippen LogP contribution in [0.25, 0.3) is 10.4 Å². The van der Waals surface area contributed by atoms with Crippen LogP contribution in [0.3, 0.4) is 0 Å². The molecule has 0 aromatic rings. The maximum absolute atomic E-state index is 11.4. The van der Waals surface area contributed by atoms with E-state index in [1.54, 1.807) is 11.8 Å². The molecular formula is C13H21N3O5S. The number of rotatable bonds is 6. The van der Waals surface area contributed by atoms with Gasteiger partial charge in [0.15, 0.2) is 6.10 Å². The molecule has 124 valence electrons. The summed E-state index contributed by atoms with van der Waals surface area (Å²) in [6.45, 7) is 6.44. The summed E-state index contributed by atoms with van der Waals surface area (Å²) in [7, 11) is 0. The Bertz CT molecular complexity index is 455. The Morgan fingerprint density at radius 1 is 1.27 bits per heavy atom. The quantitative estimate of drug-likeness (QED) is 0.319. The molecule has 0 bridgehead atoms. The molecule has 5 atom stereocenters. The fourth-order valence-electron chi connectivity index (χ4n) is 2.36. The lowest BCUT2D eigenvalue weighted by atomic mass is 9.93. The molecule has 0 aliphatic carbocycles. The minimum Gasteiger partial charge on any atom is -0.458 e. The largest absolute Gasteiger partial charge is 0.458 e. The lowest BCUT2D eigenvalue weighted by Gasteiger charge is -2.43. The van der Waals surface area contributed by atoms with E-state index in [2.05, 4.69) is 10.0 Å². The minimum absolute atomic E-state index is 0.000292. The van der Waals surface area contributed by atoms with E-state index in [0.29, 0.717) is 0 Å². The average molecular weight is 331 g/mol. The van der Waals surface area contributed by atoms with Gasteiger partial charge < -0.3 is 14.2 Å². The van der Waals surface area contributed by atoms with Gasteiger partial charge in [-0.2, -0.15) is 0 Å². The summed E-state index contributed by atoms with van der Waals surface area (Å²) in [4.78, 5) is 25.4. The van der Waals surface area contributed by atoms with Crippen molar-refractivity contribution in [3.05, 3.63) is 10.4 Å². The molecule has 1 aliphatic rings. The fraction of sp³-hybridized carbons (Fsp3) is 0.846. The first kappa shape index (κ1) is 18.6. The molecule has 1 aliphatic heterocycles. The second kappa shape index (κ2) is 8.87. The standard InChI is InChI=1S/C13H21N3O5S/c1-5-22-13-7(2)11(19-8(3)17)12(20-9(4)18)10(21-13)6-15-16-14/h7,10-13H,5-6H2,1-4H3/t7?,10?,11?,12-,13-/m1/s1. The number of nitrogens with zero attached hydrogens (tertiary/aromatic N) is 3. The van der Waals surface area contributed by atoms with Crippen molar-refractivity contribution in [2.24, 2.45) is 11.0 Å². The fourth-order valence-corrected chi connectivity index (χ4v) is 3.37. The van der Waals surface area contributed by atoms with E-state index < -0.39 is 30.3 Å². The minimum atomic E-state index is -0.796. The predicted octanol–water partition coefficient (Wildman–Crippen LogP) is 2.27. The van der Waals surface area contributed by atoms with E-state index in [1.165, 1.54) is 13.8 Å². The summed E-state index contributed by atoms with van der Waals surface area (Å²) < 4.78 is 16.5. The van der Waals surface area contributed by atoms with Gasteiger partial charge in [-0.05, 0) is 11.3 Å². The molecule has 0 radical (unpaired) electrons. The van der Waals surface area contributed by atoms with Crippen molar-refractivity contribution in [1.29, 1.82) is 0 Å². The Morgan fingerprint density at radius 3 is 2.36 bits per heavy atom. The van der Waals surface area contributed by atoms with E-state index in [9.17, 15) is 9.59 Å². The van der Waals surface area contributed by atoms with Gasteiger partial charge in [-0.3, -0.25) is 9.59 Å². The summed E-state index contributed by atoms with van der Waals surface area (Å²) in [5.74, 6) is -0.321. The molecule has 22 heavy (non-hydrogen) atoms. The van der Waals surface area contributed by atoms with Gasteiger partial charge in [0.25, 0.3) is 0 Å². The molecule has 3 unspecified atom stereocenters. The van der Waals surface area contributed by atoms with E-state index >= 15 is 0 Å². The SMILES string of the molecule is CCS[C@H]1OC(CN=[N+]=[N-])[C@@H](OC(C)=O)C(OC(C)=O)C1C. The third-order valence-corrected chi connectivity index (χ3v) is 4.41. The molecule has 8 nitrogen and oxygen atoms in total. The molecule has 0 amide bonds. The number of hydrogen-bond donors (Lipinski definition) is 0. The van der Waals surface area contributed by atoms with E-state index in [4.69, 9.17) is 19.7 Å². The van der Waals surface area contributed by atoms with Crippen LogP contribution in [0, 0.1) is 5.92 Å². The van der Waals surface area contributed by atoms with Crippen molar-refractivity contribution in [2.45, 2.75) is 51.4 Å². The molecule has 1 heterocycles. The highest BCUT2D eigenvalue weighted by Crippen LogP contribution is 2.36. The highest BCUT2D eigenvalue weighted by Gasteiger charge is 2.47. The second-order valence-corrected chi connectivity index (χ2v) is 6.29. The third kappa shape index (κ3) is 5.08. The number of carbonyl (C=O) groups is 2. The number of azide groups is 1. The lowest BCUT2D eigenvalue weighted by Crippen LogP contribution is -2.56. The summed E-state index contributed by atoms with van der Waals surface area (Å²) in [6.07, 6.45) is -2.09. The Hall–Kier alpha value is -1.44. The molecule has 1 rings (SSSR count). The first-order valence-electron chi connectivity index (χ1n) is 7.03. The van der Waals surface area contributed by atoms with Crippen LogP contribution in [-0.4, -0.2) is 48.0 Å². The van der Waals surface area contributed by atoms with Crippen LogP contribution in [-0.2, 0) is 23.8 Å². The van der Waals surface area contributed by atoms with Crippen molar-refractivity contribution in [3.63, 3.8) is 0 Å². The van der Waals surface area contributed by atoms with Crippen LogP contribution in [0.15, 0.2) is 5.11 Å². The number of ether oxygens (including phenoxy) is 3. The van der Waals surface area contributed by atoms with Crippen LogP contribution in [0.4, 0.5) is 0 Å². The molecule has 9 heteroatoms. The summed E-state index contributed by atoms with van der Waals surface area (Å²) in [5, 5.41) is 3.50. The smallest absolute Gasteiger partial charge is 0.303 e. The first-order chi connectivity index (χ1) is 10.4. The van der Waals surface area contributed by atoms with Crippen LogP contribution in [0.2, 0.25) is 0 Å². The van der Waals surface area contributed by atoms with Gasteiger partial charge in [0.1, 0.15) is 17.6 Å². The summed E-state index contributed by atoms with van der Waals surface area (Å²) in [5.41, 5.74) is 8.27. The number of esters is 2. The van der Waals surface area contributed by atoms with E-state index in [0.717, 1.165) is 5.75 Å². The predicted molar refractivity (Wildman–Crippen MR) is 81.1 cm³/mol.